The summed E-state index contributed by atoms with van der Waals surface area (Å²) < 4.78 is 4.91. The van der Waals surface area contributed by atoms with Crippen LogP contribution >= 0.6 is 0 Å². The number of benzene rings is 1. The number of rotatable bonds is 4. The minimum atomic E-state index is -0.334. The Bertz CT molecular complexity index is 763. The third-order valence-electron chi connectivity index (χ3n) is 4.26. The second-order valence-corrected chi connectivity index (χ2v) is 6.34. The lowest BCUT2D eigenvalue weighted by Gasteiger charge is -2.32. The summed E-state index contributed by atoms with van der Waals surface area (Å²) in [6, 6.07) is 8.91. The molecule has 0 atom stereocenters. The van der Waals surface area contributed by atoms with Crippen LogP contribution in [0.25, 0.3) is 0 Å². The van der Waals surface area contributed by atoms with Crippen LogP contribution in [0.15, 0.2) is 34.9 Å². The lowest BCUT2D eigenvalue weighted by atomic mass is 10.1. The third-order valence-corrected chi connectivity index (χ3v) is 4.26. The Morgan fingerprint density at radius 3 is 2.64 bits per heavy atom. The molecule has 132 valence electrons. The monoisotopic (exact) mass is 342 g/mol. The van der Waals surface area contributed by atoms with Gasteiger partial charge < -0.3 is 19.6 Å². The molecule has 2 heterocycles. The van der Waals surface area contributed by atoms with Gasteiger partial charge in [0.25, 0.3) is 5.91 Å². The highest BCUT2D eigenvalue weighted by Gasteiger charge is 2.19. The molecule has 0 radical (unpaired) electrons. The van der Waals surface area contributed by atoms with Crippen LogP contribution in [0.1, 0.15) is 21.8 Å². The van der Waals surface area contributed by atoms with Gasteiger partial charge in [-0.3, -0.25) is 9.59 Å². The maximum atomic E-state index is 12.4. The fraction of sp³-hybridized carbons (Fsp3) is 0.389. The van der Waals surface area contributed by atoms with E-state index < -0.39 is 0 Å². The summed E-state index contributed by atoms with van der Waals surface area (Å²) in [6.45, 7) is 5.06. The Balaban J connectivity index is 1.61. The number of anilines is 1. The maximum absolute atomic E-state index is 12.4. The zero-order valence-corrected chi connectivity index (χ0v) is 14.5. The number of carbonyl (C=O) groups excluding carboxylic acids is 2. The Morgan fingerprint density at radius 2 is 1.96 bits per heavy atom. The van der Waals surface area contributed by atoms with Crippen molar-refractivity contribution in [2.24, 2.45) is 0 Å². The van der Waals surface area contributed by atoms with Gasteiger partial charge in [0.05, 0.1) is 6.42 Å². The van der Waals surface area contributed by atoms with Gasteiger partial charge in [0.1, 0.15) is 5.76 Å². The van der Waals surface area contributed by atoms with Gasteiger partial charge in [0, 0.05) is 37.9 Å². The molecule has 2 amide bonds. The van der Waals surface area contributed by atoms with Crippen LogP contribution in [-0.2, 0) is 11.2 Å². The molecule has 1 fully saturated rings. The first-order chi connectivity index (χ1) is 12.0. The maximum Gasteiger partial charge on any atom is 0.277 e. The van der Waals surface area contributed by atoms with E-state index in [1.54, 1.807) is 19.1 Å². The number of aromatic nitrogens is 1. The molecule has 0 spiro atoms. The number of carbonyl (C=O) groups is 2. The number of hydrogen-bond donors (Lipinski definition) is 1. The van der Waals surface area contributed by atoms with Crippen molar-refractivity contribution >= 4 is 17.5 Å². The molecule has 7 nitrogen and oxygen atoms in total. The van der Waals surface area contributed by atoms with Crippen LogP contribution in [0.5, 0.6) is 0 Å². The first kappa shape index (κ1) is 17.2. The summed E-state index contributed by atoms with van der Waals surface area (Å²) in [5.41, 5.74) is 1.74. The molecular weight excluding hydrogens is 320 g/mol. The standard InChI is InChI=1S/C18H22N4O3/c1-13-10-16(20-25-13)18(24)19-15-5-3-4-14(11-15)12-17(23)22-8-6-21(2)7-9-22/h3-5,10-11H,6-9,12H2,1-2H3,(H,19,24). The van der Waals surface area contributed by atoms with Crippen LogP contribution < -0.4 is 5.32 Å². The lowest BCUT2D eigenvalue weighted by molar-refractivity contribution is -0.132. The van der Waals surface area contributed by atoms with Crippen molar-refractivity contribution in [3.8, 4) is 0 Å². The predicted octanol–water partition coefficient (Wildman–Crippen LogP) is 1.55. The predicted molar refractivity (Wildman–Crippen MR) is 93.4 cm³/mol. The molecule has 25 heavy (non-hydrogen) atoms. The zero-order chi connectivity index (χ0) is 17.8. The first-order valence-electron chi connectivity index (χ1n) is 8.31. The zero-order valence-electron chi connectivity index (χ0n) is 14.5. The molecule has 2 aromatic rings. The summed E-state index contributed by atoms with van der Waals surface area (Å²) in [7, 11) is 2.06. The molecule has 3 rings (SSSR count). The van der Waals surface area contributed by atoms with Crippen molar-refractivity contribution in [1.29, 1.82) is 0 Å². The first-order valence-corrected chi connectivity index (χ1v) is 8.31. The number of likely N-dealkylation sites (N-methyl/N-ethyl adjacent to an activating group) is 1. The van der Waals surface area contributed by atoms with Crippen LogP contribution in [0.4, 0.5) is 5.69 Å². The Labute approximate surface area is 146 Å². The number of piperazine rings is 1. The van der Waals surface area contributed by atoms with E-state index in [1.165, 1.54) is 0 Å². The molecule has 1 N–H and O–H groups in total. The minimum absolute atomic E-state index is 0.115. The largest absolute Gasteiger partial charge is 0.361 e. The van der Waals surface area contributed by atoms with E-state index >= 15 is 0 Å². The minimum Gasteiger partial charge on any atom is -0.361 e. The van der Waals surface area contributed by atoms with Crippen molar-refractivity contribution in [2.45, 2.75) is 13.3 Å². The molecule has 0 aliphatic carbocycles. The SMILES string of the molecule is Cc1cc(C(=O)Nc2cccc(CC(=O)N3CCN(C)CC3)c2)no1. The van der Waals surface area contributed by atoms with Gasteiger partial charge in [-0.2, -0.15) is 0 Å². The molecule has 1 saturated heterocycles. The van der Waals surface area contributed by atoms with Crippen LogP contribution in [0, 0.1) is 6.92 Å². The second kappa shape index (κ2) is 7.48. The van der Waals surface area contributed by atoms with Gasteiger partial charge in [-0.15, -0.1) is 0 Å². The van der Waals surface area contributed by atoms with E-state index in [0.717, 1.165) is 31.7 Å². The van der Waals surface area contributed by atoms with Crippen molar-refractivity contribution in [2.75, 3.05) is 38.5 Å². The topological polar surface area (TPSA) is 78.7 Å². The summed E-state index contributed by atoms with van der Waals surface area (Å²) in [6.07, 6.45) is 0.330. The molecule has 0 bridgehead atoms. The van der Waals surface area contributed by atoms with Crippen LogP contribution in [-0.4, -0.2) is 60.0 Å². The summed E-state index contributed by atoms with van der Waals surface area (Å²) in [4.78, 5) is 28.7. The van der Waals surface area contributed by atoms with Crippen molar-refractivity contribution < 1.29 is 14.1 Å². The van der Waals surface area contributed by atoms with Gasteiger partial charge in [-0.1, -0.05) is 17.3 Å². The number of aryl methyl sites for hydroxylation is 1. The van der Waals surface area contributed by atoms with E-state index in [-0.39, 0.29) is 17.5 Å². The van der Waals surface area contributed by atoms with Crippen LogP contribution in [0.2, 0.25) is 0 Å². The van der Waals surface area contributed by atoms with Gasteiger partial charge >= 0.3 is 0 Å². The molecule has 1 aromatic heterocycles. The molecule has 0 unspecified atom stereocenters. The van der Waals surface area contributed by atoms with Gasteiger partial charge in [-0.05, 0) is 31.7 Å². The molecular formula is C18H22N4O3. The lowest BCUT2D eigenvalue weighted by Crippen LogP contribution is -2.47. The fourth-order valence-electron chi connectivity index (χ4n) is 2.77. The van der Waals surface area contributed by atoms with Crippen molar-refractivity contribution in [3.63, 3.8) is 0 Å². The summed E-state index contributed by atoms with van der Waals surface area (Å²) in [5.74, 6) is 0.361. The Kier molecular flexibility index (Phi) is 5.14. The number of amides is 2. The van der Waals surface area contributed by atoms with E-state index in [4.69, 9.17) is 4.52 Å². The number of nitrogens with zero attached hydrogens (tertiary/aromatic N) is 3. The quantitative estimate of drug-likeness (QED) is 0.912. The Morgan fingerprint density at radius 1 is 1.20 bits per heavy atom. The highest BCUT2D eigenvalue weighted by atomic mass is 16.5. The van der Waals surface area contributed by atoms with Gasteiger partial charge in [0.2, 0.25) is 5.91 Å². The average Bonchev–Trinajstić information content (AvgIpc) is 3.02. The van der Waals surface area contributed by atoms with Crippen molar-refractivity contribution in [3.05, 3.63) is 47.3 Å². The molecule has 1 aliphatic rings. The molecule has 1 aliphatic heterocycles. The Hall–Kier alpha value is -2.67. The summed E-state index contributed by atoms with van der Waals surface area (Å²) >= 11 is 0. The van der Waals surface area contributed by atoms with E-state index in [0.29, 0.717) is 17.9 Å². The molecule has 0 saturated carbocycles. The van der Waals surface area contributed by atoms with Gasteiger partial charge in [-0.25, -0.2) is 0 Å². The van der Waals surface area contributed by atoms with Gasteiger partial charge in [0.15, 0.2) is 5.69 Å². The van der Waals surface area contributed by atoms with Crippen LogP contribution in [0.3, 0.4) is 0 Å². The number of nitrogens with one attached hydrogen (secondary N) is 1. The molecule has 7 heteroatoms. The molecule has 1 aromatic carbocycles. The second-order valence-electron chi connectivity index (χ2n) is 6.34. The normalized spacial score (nSPS) is 15.2. The fourth-order valence-corrected chi connectivity index (χ4v) is 2.77. The summed E-state index contributed by atoms with van der Waals surface area (Å²) in [5, 5.41) is 6.48. The third kappa shape index (κ3) is 4.45. The van der Waals surface area contributed by atoms with E-state index in [9.17, 15) is 9.59 Å². The van der Waals surface area contributed by atoms with Crippen molar-refractivity contribution in [1.82, 2.24) is 15.0 Å². The van der Waals surface area contributed by atoms with E-state index in [1.807, 2.05) is 23.1 Å². The number of hydrogen-bond acceptors (Lipinski definition) is 5. The highest BCUT2D eigenvalue weighted by molar-refractivity contribution is 6.02. The highest BCUT2D eigenvalue weighted by Crippen LogP contribution is 2.14. The average molecular weight is 342 g/mol. The van der Waals surface area contributed by atoms with E-state index in [2.05, 4.69) is 22.4 Å². The smallest absolute Gasteiger partial charge is 0.277 e.